The molecular formula is C49H40. The standard InChI is InChI=1S/C49H40/c1-49(2)47-29-36(34-18-15-31-9-3-4-10-33(31)25-34)21-23-44(47)45-24-22-37(30-48(45)49)35-19-16-32-17-20-39(27-40(32)26-35)46-28-38-11-5-6-12-41(38)42-13-7-8-14-43(42)46/h3-30,32,38,40-43H,1-2H3. The molecule has 0 aromatic heterocycles. The molecule has 0 saturated carbocycles. The van der Waals surface area contributed by atoms with Gasteiger partial charge in [-0.15, -0.1) is 0 Å². The molecular weight excluding hydrogens is 589 g/mol. The lowest BCUT2D eigenvalue weighted by atomic mass is 9.63. The van der Waals surface area contributed by atoms with Crippen LogP contribution in [0.15, 0.2) is 181 Å². The van der Waals surface area contributed by atoms with E-state index in [2.05, 4.69) is 184 Å². The van der Waals surface area contributed by atoms with Gasteiger partial charge in [0, 0.05) is 29.1 Å². The van der Waals surface area contributed by atoms with Crippen molar-refractivity contribution >= 4 is 16.3 Å². The van der Waals surface area contributed by atoms with Gasteiger partial charge in [-0.05, 0) is 96.5 Å². The summed E-state index contributed by atoms with van der Waals surface area (Å²) in [7, 11) is 0. The van der Waals surface area contributed by atoms with E-state index in [1.165, 1.54) is 66.4 Å². The van der Waals surface area contributed by atoms with Gasteiger partial charge in [-0.3, -0.25) is 0 Å². The molecule has 0 amide bonds. The molecule has 6 unspecified atom stereocenters. The Morgan fingerprint density at radius 2 is 1.10 bits per heavy atom. The van der Waals surface area contributed by atoms with E-state index >= 15 is 0 Å². The van der Waals surface area contributed by atoms with Crippen LogP contribution in [-0.2, 0) is 5.41 Å². The van der Waals surface area contributed by atoms with Crippen molar-refractivity contribution in [2.75, 3.05) is 0 Å². The SMILES string of the molecule is CC1(C)c2cc(C3=CC4C=C(C5=CC6C=CC=CC6C6C=CC=CC56)C=CC4C=C3)ccc2-c2ccc(-c3ccc4ccccc4c3)cc21. The van der Waals surface area contributed by atoms with Crippen molar-refractivity contribution < 1.29 is 0 Å². The second kappa shape index (κ2) is 10.9. The normalized spacial score (nSPS) is 27.8. The molecule has 6 aliphatic rings. The average Bonchev–Trinajstić information content (AvgIpc) is 3.38. The van der Waals surface area contributed by atoms with Crippen molar-refractivity contribution in [1.29, 1.82) is 0 Å². The highest BCUT2D eigenvalue weighted by Crippen LogP contribution is 2.51. The molecule has 6 aliphatic carbocycles. The summed E-state index contributed by atoms with van der Waals surface area (Å²) in [5, 5.41) is 2.57. The van der Waals surface area contributed by atoms with Crippen LogP contribution < -0.4 is 0 Å². The molecule has 10 rings (SSSR count). The molecule has 4 aromatic carbocycles. The maximum atomic E-state index is 2.56. The van der Waals surface area contributed by atoms with Gasteiger partial charge in [0.15, 0.2) is 0 Å². The molecule has 0 N–H and O–H groups in total. The third-order valence-corrected chi connectivity index (χ3v) is 12.2. The van der Waals surface area contributed by atoms with Gasteiger partial charge < -0.3 is 0 Å². The van der Waals surface area contributed by atoms with Gasteiger partial charge in [-0.2, -0.15) is 0 Å². The Morgan fingerprint density at radius 3 is 1.94 bits per heavy atom. The predicted octanol–water partition coefficient (Wildman–Crippen LogP) is 12.2. The topological polar surface area (TPSA) is 0 Å². The number of hydrogen-bond acceptors (Lipinski definition) is 0. The van der Waals surface area contributed by atoms with Crippen LogP contribution in [0.4, 0.5) is 0 Å². The molecule has 0 nitrogen and oxygen atoms in total. The maximum Gasteiger partial charge on any atom is 0.0159 e. The molecule has 0 bridgehead atoms. The van der Waals surface area contributed by atoms with Crippen LogP contribution in [0.3, 0.4) is 0 Å². The lowest BCUT2D eigenvalue weighted by molar-refractivity contribution is 0.336. The molecule has 6 atom stereocenters. The first-order valence-electron chi connectivity index (χ1n) is 18.0. The Balaban J connectivity index is 0.971. The number of fused-ring (bicyclic) bond motifs is 8. The summed E-state index contributed by atoms with van der Waals surface area (Å²) in [6.07, 6.45) is 35.8. The van der Waals surface area contributed by atoms with Crippen LogP contribution in [-0.4, -0.2) is 0 Å². The van der Waals surface area contributed by atoms with E-state index in [-0.39, 0.29) is 5.41 Å². The summed E-state index contributed by atoms with van der Waals surface area (Å²) in [5.41, 5.74) is 13.6. The van der Waals surface area contributed by atoms with Gasteiger partial charge in [-0.25, -0.2) is 0 Å². The lowest BCUT2D eigenvalue weighted by Gasteiger charge is -2.41. The zero-order chi connectivity index (χ0) is 32.7. The molecule has 0 radical (unpaired) electrons. The third-order valence-electron chi connectivity index (χ3n) is 12.2. The first kappa shape index (κ1) is 28.8. The number of benzene rings is 4. The van der Waals surface area contributed by atoms with E-state index in [1.807, 2.05) is 0 Å². The fourth-order valence-corrected chi connectivity index (χ4v) is 9.50. The number of rotatable bonds is 3. The third kappa shape index (κ3) is 4.57. The Labute approximate surface area is 290 Å². The van der Waals surface area contributed by atoms with Crippen molar-refractivity contribution in [1.82, 2.24) is 0 Å². The van der Waals surface area contributed by atoms with E-state index < -0.39 is 0 Å². The largest absolute Gasteiger partial charge is 0.0799 e. The molecule has 0 heteroatoms. The van der Waals surface area contributed by atoms with Gasteiger partial charge in [0.25, 0.3) is 0 Å². The van der Waals surface area contributed by atoms with Gasteiger partial charge in [0.05, 0.1) is 0 Å². The number of allylic oxidation sites excluding steroid dienone is 18. The minimum absolute atomic E-state index is 0.0811. The van der Waals surface area contributed by atoms with Crippen molar-refractivity contribution in [3.8, 4) is 22.3 Å². The summed E-state index contributed by atoms with van der Waals surface area (Å²) < 4.78 is 0. The molecule has 49 heavy (non-hydrogen) atoms. The first-order chi connectivity index (χ1) is 24.0. The van der Waals surface area contributed by atoms with Gasteiger partial charge >= 0.3 is 0 Å². The summed E-state index contributed by atoms with van der Waals surface area (Å²) >= 11 is 0. The Kier molecular flexibility index (Phi) is 6.41. The van der Waals surface area contributed by atoms with Crippen LogP contribution in [0.25, 0.3) is 38.6 Å². The Bertz CT molecular complexity index is 2340. The zero-order valence-electron chi connectivity index (χ0n) is 28.1. The minimum atomic E-state index is -0.0811. The summed E-state index contributed by atoms with van der Waals surface area (Å²) in [6.45, 7) is 4.80. The molecule has 0 aliphatic heterocycles. The van der Waals surface area contributed by atoms with Crippen molar-refractivity contribution in [3.05, 3.63) is 198 Å². The predicted molar refractivity (Wildman–Crippen MR) is 207 cm³/mol. The van der Waals surface area contributed by atoms with Gasteiger partial charge in [0.1, 0.15) is 0 Å². The Hall–Kier alpha value is -5.20. The smallest absolute Gasteiger partial charge is 0.0159 e. The van der Waals surface area contributed by atoms with Crippen LogP contribution in [0.5, 0.6) is 0 Å². The quantitative estimate of drug-likeness (QED) is 0.212. The van der Waals surface area contributed by atoms with Crippen LogP contribution in [0.1, 0.15) is 30.5 Å². The van der Waals surface area contributed by atoms with E-state index in [4.69, 9.17) is 0 Å². The minimum Gasteiger partial charge on any atom is -0.0799 e. The number of hydrogen-bond donors (Lipinski definition) is 0. The highest BCUT2D eigenvalue weighted by molar-refractivity contribution is 5.90. The average molecular weight is 629 g/mol. The summed E-state index contributed by atoms with van der Waals surface area (Å²) in [6, 6.07) is 29.7. The van der Waals surface area contributed by atoms with E-state index in [1.54, 1.807) is 0 Å². The van der Waals surface area contributed by atoms with Crippen molar-refractivity contribution in [2.24, 2.45) is 35.5 Å². The van der Waals surface area contributed by atoms with Crippen molar-refractivity contribution in [3.63, 3.8) is 0 Å². The highest BCUT2D eigenvalue weighted by atomic mass is 14.4. The summed E-state index contributed by atoms with van der Waals surface area (Å²) in [4.78, 5) is 0. The van der Waals surface area contributed by atoms with E-state index in [0.717, 1.165) is 0 Å². The zero-order valence-corrected chi connectivity index (χ0v) is 28.1. The molecule has 0 heterocycles. The van der Waals surface area contributed by atoms with Crippen LogP contribution >= 0.6 is 0 Å². The summed E-state index contributed by atoms with van der Waals surface area (Å²) in [5.74, 6) is 2.71. The van der Waals surface area contributed by atoms with Gasteiger partial charge in [-0.1, -0.05) is 166 Å². The lowest BCUT2D eigenvalue weighted by Crippen LogP contribution is -2.33. The fourth-order valence-electron chi connectivity index (χ4n) is 9.50. The Morgan fingerprint density at radius 1 is 0.469 bits per heavy atom. The second-order valence-electron chi connectivity index (χ2n) is 15.2. The first-order valence-corrected chi connectivity index (χ1v) is 18.0. The fraction of sp³-hybridized carbons (Fsp3) is 0.184. The highest BCUT2D eigenvalue weighted by Gasteiger charge is 2.39. The molecule has 4 aromatic rings. The van der Waals surface area contributed by atoms with Gasteiger partial charge in [0.2, 0.25) is 0 Å². The molecule has 0 spiro atoms. The maximum absolute atomic E-state index is 2.56. The van der Waals surface area contributed by atoms with Crippen molar-refractivity contribution in [2.45, 2.75) is 19.3 Å². The van der Waals surface area contributed by atoms with E-state index in [9.17, 15) is 0 Å². The van der Waals surface area contributed by atoms with Crippen LogP contribution in [0.2, 0.25) is 0 Å². The molecule has 0 saturated heterocycles. The second-order valence-corrected chi connectivity index (χ2v) is 15.2. The molecule has 0 fully saturated rings. The van der Waals surface area contributed by atoms with Crippen LogP contribution in [0, 0.1) is 35.5 Å². The van der Waals surface area contributed by atoms with E-state index in [0.29, 0.717) is 35.5 Å². The molecule has 236 valence electrons. The monoisotopic (exact) mass is 628 g/mol.